The van der Waals surface area contributed by atoms with Crippen LogP contribution >= 0.6 is 0 Å². The average molecular weight is 288 g/mol. The summed E-state index contributed by atoms with van der Waals surface area (Å²) < 4.78 is 5.58. The van der Waals surface area contributed by atoms with Gasteiger partial charge in [0.1, 0.15) is 11.6 Å². The molecular formula is C15H16N2O4. The van der Waals surface area contributed by atoms with E-state index in [1.165, 1.54) is 12.1 Å². The highest BCUT2D eigenvalue weighted by molar-refractivity contribution is 5.90. The van der Waals surface area contributed by atoms with E-state index in [0.29, 0.717) is 17.1 Å². The summed E-state index contributed by atoms with van der Waals surface area (Å²) in [5.41, 5.74) is 0.329. The predicted octanol–water partition coefficient (Wildman–Crippen LogP) is 2.69. The van der Waals surface area contributed by atoms with Gasteiger partial charge in [-0.15, -0.1) is 0 Å². The molecular weight excluding hydrogens is 272 g/mol. The van der Waals surface area contributed by atoms with Crippen LogP contribution in [0.25, 0.3) is 0 Å². The summed E-state index contributed by atoms with van der Waals surface area (Å²) in [5, 5.41) is 9.09. The van der Waals surface area contributed by atoms with Gasteiger partial charge < -0.3 is 14.8 Å². The molecule has 1 aromatic heterocycles. The third-order valence-electron chi connectivity index (χ3n) is 3.01. The van der Waals surface area contributed by atoms with E-state index >= 15 is 0 Å². The average Bonchev–Trinajstić information content (AvgIpc) is 2.40. The first kappa shape index (κ1) is 14.8. The summed E-state index contributed by atoms with van der Waals surface area (Å²) in [6, 6.07) is 5.95. The van der Waals surface area contributed by atoms with Crippen molar-refractivity contribution < 1.29 is 14.6 Å². The maximum absolute atomic E-state index is 11.6. The fourth-order valence-corrected chi connectivity index (χ4v) is 1.85. The number of carboxylic acid groups (broad SMARTS) is 1. The molecule has 21 heavy (non-hydrogen) atoms. The second-order valence-electron chi connectivity index (χ2n) is 4.96. The molecule has 0 radical (unpaired) electrons. The van der Waals surface area contributed by atoms with Crippen molar-refractivity contribution in [3.63, 3.8) is 0 Å². The molecule has 6 nitrogen and oxygen atoms in total. The van der Waals surface area contributed by atoms with Crippen LogP contribution in [0.15, 0.2) is 29.1 Å². The fourth-order valence-electron chi connectivity index (χ4n) is 1.85. The molecule has 0 aliphatic heterocycles. The highest BCUT2D eigenvalue weighted by Crippen LogP contribution is 2.26. The molecule has 2 rings (SSSR count). The Morgan fingerprint density at radius 3 is 2.71 bits per heavy atom. The van der Waals surface area contributed by atoms with Crippen LogP contribution < -0.4 is 10.3 Å². The topological polar surface area (TPSA) is 92.3 Å². The number of carboxylic acids is 1. The molecule has 0 atom stereocenters. The van der Waals surface area contributed by atoms with E-state index in [0.717, 1.165) is 0 Å². The minimum atomic E-state index is -1.03. The monoisotopic (exact) mass is 288 g/mol. The summed E-state index contributed by atoms with van der Waals surface area (Å²) in [6.07, 6.45) is 0. The van der Waals surface area contributed by atoms with Crippen molar-refractivity contribution in [1.29, 1.82) is 0 Å². The zero-order chi connectivity index (χ0) is 15.6. The minimum absolute atomic E-state index is 0.0488. The van der Waals surface area contributed by atoms with E-state index in [2.05, 4.69) is 9.97 Å². The highest BCUT2D eigenvalue weighted by atomic mass is 16.5. The van der Waals surface area contributed by atoms with E-state index in [4.69, 9.17) is 9.84 Å². The normalized spacial score (nSPS) is 10.7. The zero-order valence-electron chi connectivity index (χ0n) is 12.0. The molecule has 0 saturated heterocycles. The molecule has 0 amide bonds. The number of nitrogens with zero attached hydrogens (tertiary/aromatic N) is 1. The lowest BCUT2D eigenvalue weighted by molar-refractivity contribution is 0.0695. The summed E-state index contributed by atoms with van der Waals surface area (Å²) >= 11 is 0. The fraction of sp³-hybridized carbons (Fsp3) is 0.267. The Morgan fingerprint density at radius 1 is 1.38 bits per heavy atom. The Bertz CT molecular complexity index is 735. The first-order valence-corrected chi connectivity index (χ1v) is 6.50. The zero-order valence-corrected chi connectivity index (χ0v) is 12.0. The van der Waals surface area contributed by atoms with E-state index in [1.807, 2.05) is 13.8 Å². The van der Waals surface area contributed by atoms with Gasteiger partial charge in [0.05, 0.1) is 11.6 Å². The quantitative estimate of drug-likeness (QED) is 0.902. The van der Waals surface area contributed by atoms with Gasteiger partial charge in [0, 0.05) is 11.5 Å². The molecule has 110 valence electrons. The van der Waals surface area contributed by atoms with Crippen LogP contribution in [-0.2, 0) is 0 Å². The minimum Gasteiger partial charge on any atom is -0.478 e. The molecule has 0 fully saturated rings. The summed E-state index contributed by atoms with van der Waals surface area (Å²) in [6.45, 7) is 5.45. The molecule has 0 aliphatic carbocycles. The van der Waals surface area contributed by atoms with Crippen LogP contribution in [0.4, 0.5) is 0 Å². The van der Waals surface area contributed by atoms with Crippen molar-refractivity contribution in [2.75, 3.05) is 0 Å². The number of nitrogens with one attached hydrogen (secondary N) is 1. The molecule has 6 heteroatoms. The third-order valence-corrected chi connectivity index (χ3v) is 3.01. The number of hydrogen-bond acceptors (Lipinski definition) is 4. The molecule has 0 saturated carbocycles. The number of H-pyrrole nitrogens is 1. The van der Waals surface area contributed by atoms with Crippen molar-refractivity contribution in [1.82, 2.24) is 9.97 Å². The first-order chi connectivity index (χ1) is 9.88. The summed E-state index contributed by atoms with van der Waals surface area (Å²) in [4.78, 5) is 29.5. The highest BCUT2D eigenvalue weighted by Gasteiger charge is 2.13. The largest absolute Gasteiger partial charge is 0.478 e. The number of benzene rings is 1. The Labute approximate surface area is 121 Å². The lowest BCUT2D eigenvalue weighted by Crippen LogP contribution is -2.12. The summed E-state index contributed by atoms with van der Waals surface area (Å²) in [7, 11) is 0. The van der Waals surface area contributed by atoms with Gasteiger partial charge in [-0.1, -0.05) is 19.9 Å². The van der Waals surface area contributed by atoms with Gasteiger partial charge in [-0.2, -0.15) is 4.98 Å². The van der Waals surface area contributed by atoms with Crippen molar-refractivity contribution in [3.05, 3.63) is 51.6 Å². The van der Waals surface area contributed by atoms with Gasteiger partial charge in [-0.05, 0) is 19.1 Å². The maximum Gasteiger partial charge on any atom is 0.336 e. The number of rotatable bonds is 4. The number of aromatic carboxylic acids is 1. The Balaban J connectivity index is 2.41. The van der Waals surface area contributed by atoms with Crippen LogP contribution in [0.5, 0.6) is 11.6 Å². The molecule has 2 aromatic rings. The Morgan fingerprint density at radius 2 is 2.10 bits per heavy atom. The smallest absolute Gasteiger partial charge is 0.336 e. The van der Waals surface area contributed by atoms with E-state index < -0.39 is 5.97 Å². The number of aromatic nitrogens is 2. The first-order valence-electron chi connectivity index (χ1n) is 6.50. The summed E-state index contributed by atoms with van der Waals surface area (Å²) in [5.74, 6) is 0.0488. The lowest BCUT2D eigenvalue weighted by atomic mass is 10.1. The molecule has 2 N–H and O–H groups in total. The van der Waals surface area contributed by atoms with Gasteiger partial charge in [0.2, 0.25) is 5.88 Å². The van der Waals surface area contributed by atoms with Gasteiger partial charge in [0.15, 0.2) is 0 Å². The van der Waals surface area contributed by atoms with Gasteiger partial charge in [0.25, 0.3) is 5.56 Å². The molecule has 0 aliphatic rings. The molecule has 1 heterocycles. The Hall–Kier alpha value is -2.63. The van der Waals surface area contributed by atoms with Gasteiger partial charge >= 0.3 is 5.97 Å². The number of hydrogen-bond donors (Lipinski definition) is 2. The van der Waals surface area contributed by atoms with Crippen molar-refractivity contribution >= 4 is 5.97 Å². The predicted molar refractivity (Wildman–Crippen MR) is 77.2 cm³/mol. The standard InChI is InChI=1S/C15H16N2O4/c1-8(2)14-16-12(18)7-13(17-14)21-11-6-4-5-10(9(11)3)15(19)20/h4-8H,1-3H3,(H,19,20)(H,16,17,18). The number of ether oxygens (including phenoxy) is 1. The number of carbonyl (C=O) groups is 1. The van der Waals surface area contributed by atoms with Gasteiger partial charge in [-0.25, -0.2) is 4.79 Å². The van der Waals surface area contributed by atoms with Crippen LogP contribution in [0, 0.1) is 6.92 Å². The van der Waals surface area contributed by atoms with E-state index in [-0.39, 0.29) is 22.9 Å². The van der Waals surface area contributed by atoms with Crippen LogP contribution in [0.2, 0.25) is 0 Å². The maximum atomic E-state index is 11.6. The van der Waals surface area contributed by atoms with Crippen LogP contribution in [0.3, 0.4) is 0 Å². The van der Waals surface area contributed by atoms with E-state index in [9.17, 15) is 9.59 Å². The second-order valence-corrected chi connectivity index (χ2v) is 4.96. The van der Waals surface area contributed by atoms with Crippen molar-refractivity contribution in [2.24, 2.45) is 0 Å². The molecule has 0 unspecified atom stereocenters. The van der Waals surface area contributed by atoms with E-state index in [1.54, 1.807) is 19.1 Å². The SMILES string of the molecule is Cc1c(Oc2cc(=O)[nH]c(C(C)C)n2)cccc1C(=O)O. The number of aromatic amines is 1. The van der Waals surface area contributed by atoms with Crippen LogP contribution in [0.1, 0.15) is 41.5 Å². The lowest BCUT2D eigenvalue weighted by Gasteiger charge is -2.11. The molecule has 1 aromatic carbocycles. The van der Waals surface area contributed by atoms with Crippen LogP contribution in [-0.4, -0.2) is 21.0 Å². The third kappa shape index (κ3) is 3.28. The van der Waals surface area contributed by atoms with Gasteiger partial charge in [-0.3, -0.25) is 4.79 Å². The van der Waals surface area contributed by atoms with Crippen molar-refractivity contribution in [2.45, 2.75) is 26.7 Å². The molecule has 0 bridgehead atoms. The Kier molecular flexibility index (Phi) is 4.07. The van der Waals surface area contributed by atoms with Crippen molar-refractivity contribution in [3.8, 4) is 11.6 Å². The second kappa shape index (κ2) is 5.78. The molecule has 0 spiro atoms.